The molecule has 2 aromatic rings. The second-order valence-corrected chi connectivity index (χ2v) is 6.59. The molecule has 31 heavy (non-hydrogen) atoms. The van der Waals surface area contributed by atoms with Crippen LogP contribution in [0.3, 0.4) is 0 Å². The highest BCUT2D eigenvalue weighted by Gasteiger charge is 2.17. The summed E-state index contributed by atoms with van der Waals surface area (Å²) in [5.74, 6) is -0.0375. The van der Waals surface area contributed by atoms with Crippen molar-refractivity contribution in [3.63, 3.8) is 0 Å². The van der Waals surface area contributed by atoms with E-state index in [1.54, 1.807) is 24.3 Å². The van der Waals surface area contributed by atoms with E-state index in [0.717, 1.165) is 12.5 Å². The average Bonchev–Trinajstić information content (AvgIpc) is 2.77. The van der Waals surface area contributed by atoms with Crippen LogP contribution >= 0.6 is 0 Å². The highest BCUT2D eigenvalue weighted by atomic mass is 16.5. The van der Waals surface area contributed by atoms with Crippen molar-refractivity contribution in [2.75, 3.05) is 26.9 Å². The molecule has 0 aliphatic carbocycles. The molecule has 2 aromatic carbocycles. The number of Topliss-reactive ketones (excluding diaryl/α,β-unsaturated/α-hetero) is 1. The Morgan fingerprint density at radius 3 is 2.35 bits per heavy atom. The number of carboxylic acid groups (broad SMARTS) is 1. The van der Waals surface area contributed by atoms with Crippen LogP contribution in [0.1, 0.15) is 34.8 Å². The van der Waals surface area contributed by atoms with E-state index in [4.69, 9.17) is 25.1 Å². The minimum Gasteiger partial charge on any atom is -0.507 e. The molecule has 0 saturated carbocycles. The number of carbonyl (C=O) groups excluding carboxylic acids is 1. The van der Waals surface area contributed by atoms with Gasteiger partial charge in [-0.2, -0.15) is 0 Å². The van der Waals surface area contributed by atoms with Crippen molar-refractivity contribution in [2.24, 2.45) is 5.73 Å². The lowest BCUT2D eigenvalue weighted by molar-refractivity contribution is -0.131. The zero-order valence-corrected chi connectivity index (χ0v) is 17.6. The molecular formula is C23H27NO7. The van der Waals surface area contributed by atoms with E-state index in [9.17, 15) is 14.7 Å². The summed E-state index contributed by atoms with van der Waals surface area (Å²) in [5.41, 5.74) is 6.82. The molecule has 0 saturated heterocycles. The number of ether oxygens (including phenoxy) is 3. The van der Waals surface area contributed by atoms with E-state index in [2.05, 4.69) is 0 Å². The molecule has 0 aliphatic rings. The number of hydrogen-bond donors (Lipinski definition) is 3. The second-order valence-electron chi connectivity index (χ2n) is 6.59. The Bertz CT molecular complexity index is 953. The van der Waals surface area contributed by atoms with Crippen molar-refractivity contribution < 1.29 is 34.0 Å². The number of carbonyl (C=O) groups is 2. The van der Waals surface area contributed by atoms with E-state index >= 15 is 0 Å². The lowest BCUT2D eigenvalue weighted by Crippen LogP contribution is -2.15. The molecule has 0 unspecified atom stereocenters. The summed E-state index contributed by atoms with van der Waals surface area (Å²) in [7, 11) is 1.49. The van der Waals surface area contributed by atoms with Crippen LogP contribution < -0.4 is 19.9 Å². The van der Waals surface area contributed by atoms with Gasteiger partial charge in [0.1, 0.15) is 24.7 Å². The van der Waals surface area contributed by atoms with Gasteiger partial charge in [0.15, 0.2) is 17.3 Å². The van der Waals surface area contributed by atoms with E-state index in [-0.39, 0.29) is 36.9 Å². The van der Waals surface area contributed by atoms with Gasteiger partial charge in [-0.15, -0.1) is 0 Å². The van der Waals surface area contributed by atoms with Gasteiger partial charge >= 0.3 is 5.97 Å². The van der Waals surface area contributed by atoms with Crippen LogP contribution in [0.15, 0.2) is 36.4 Å². The number of benzene rings is 2. The Morgan fingerprint density at radius 2 is 1.74 bits per heavy atom. The van der Waals surface area contributed by atoms with Crippen LogP contribution in [0, 0.1) is 0 Å². The molecule has 4 N–H and O–H groups in total. The SMILES string of the molecule is CCCc1c(OCCOc2ccc(/C=C/C(=O)O)cc2OC)ccc(C(=O)CN)c1O. The Labute approximate surface area is 180 Å². The van der Waals surface area contributed by atoms with E-state index < -0.39 is 5.97 Å². The number of carboxylic acids is 1. The van der Waals surface area contributed by atoms with Crippen molar-refractivity contribution in [2.45, 2.75) is 19.8 Å². The number of rotatable bonds is 12. The predicted molar refractivity (Wildman–Crippen MR) is 116 cm³/mol. The third-order valence-corrected chi connectivity index (χ3v) is 4.43. The third kappa shape index (κ3) is 6.48. The standard InChI is InChI=1S/C23H27NO7/c1-3-4-17-19(9-7-16(23(17)28)18(25)14-24)30-11-12-31-20-8-5-15(6-10-22(26)27)13-21(20)29-2/h5-10,13,28H,3-4,11-12,14,24H2,1-2H3,(H,26,27)/b10-6+. The fourth-order valence-corrected chi connectivity index (χ4v) is 2.96. The number of methoxy groups -OCH3 is 1. The van der Waals surface area contributed by atoms with Crippen LogP contribution in [0.2, 0.25) is 0 Å². The first-order valence-electron chi connectivity index (χ1n) is 9.84. The van der Waals surface area contributed by atoms with E-state index in [1.807, 2.05) is 6.92 Å². The summed E-state index contributed by atoms with van der Waals surface area (Å²) < 4.78 is 16.8. The number of phenolic OH excluding ortho intramolecular Hbond substituents is 1. The van der Waals surface area contributed by atoms with Crippen molar-refractivity contribution >= 4 is 17.8 Å². The summed E-state index contributed by atoms with van der Waals surface area (Å²) in [6.07, 6.45) is 3.81. The summed E-state index contributed by atoms with van der Waals surface area (Å²) in [4.78, 5) is 22.5. The molecule has 0 spiro atoms. The molecule has 8 nitrogen and oxygen atoms in total. The predicted octanol–water partition coefficient (Wildman–Crippen LogP) is 3.05. The van der Waals surface area contributed by atoms with E-state index in [1.165, 1.54) is 19.3 Å². The second kappa shape index (κ2) is 11.6. The first kappa shape index (κ1) is 23.8. The summed E-state index contributed by atoms with van der Waals surface area (Å²) in [6, 6.07) is 8.22. The molecule has 8 heteroatoms. The van der Waals surface area contributed by atoms with Gasteiger partial charge in [-0.05, 0) is 42.3 Å². The van der Waals surface area contributed by atoms with Gasteiger partial charge in [0, 0.05) is 11.6 Å². The molecule has 0 radical (unpaired) electrons. The van der Waals surface area contributed by atoms with Crippen molar-refractivity contribution in [3.05, 3.63) is 53.1 Å². The fraction of sp³-hybridized carbons (Fsp3) is 0.304. The molecule has 0 bridgehead atoms. The number of ketones is 1. The molecular weight excluding hydrogens is 402 g/mol. The minimum atomic E-state index is -1.04. The summed E-state index contributed by atoms with van der Waals surface area (Å²) in [6.45, 7) is 2.19. The molecule has 166 valence electrons. The fourth-order valence-electron chi connectivity index (χ4n) is 2.96. The first-order chi connectivity index (χ1) is 14.9. The van der Waals surface area contributed by atoms with Crippen LogP contribution in [-0.2, 0) is 11.2 Å². The minimum absolute atomic E-state index is 0.0950. The Hall–Kier alpha value is -3.52. The van der Waals surface area contributed by atoms with Gasteiger partial charge in [-0.1, -0.05) is 19.4 Å². The normalized spacial score (nSPS) is 10.8. The summed E-state index contributed by atoms with van der Waals surface area (Å²) in [5, 5.41) is 19.2. The lowest BCUT2D eigenvalue weighted by atomic mass is 10.0. The molecule has 0 aromatic heterocycles. The smallest absolute Gasteiger partial charge is 0.328 e. The first-order valence-corrected chi connectivity index (χ1v) is 9.84. The Kier molecular flexibility index (Phi) is 8.90. The molecule has 0 aliphatic heterocycles. The maximum atomic E-state index is 11.9. The Balaban J connectivity index is 2.04. The van der Waals surface area contributed by atoms with E-state index in [0.29, 0.717) is 34.8 Å². The van der Waals surface area contributed by atoms with Crippen molar-refractivity contribution in [3.8, 4) is 23.0 Å². The van der Waals surface area contributed by atoms with Gasteiger partial charge in [0.2, 0.25) is 0 Å². The summed E-state index contributed by atoms with van der Waals surface area (Å²) >= 11 is 0. The van der Waals surface area contributed by atoms with Gasteiger partial charge < -0.3 is 30.2 Å². The largest absolute Gasteiger partial charge is 0.507 e. The zero-order chi connectivity index (χ0) is 22.8. The number of aliphatic carboxylic acids is 1. The van der Waals surface area contributed by atoms with Gasteiger partial charge in [0.05, 0.1) is 19.2 Å². The molecule has 0 amide bonds. The van der Waals surface area contributed by atoms with Crippen LogP contribution in [-0.4, -0.2) is 48.8 Å². The maximum Gasteiger partial charge on any atom is 0.328 e. The van der Waals surface area contributed by atoms with Crippen molar-refractivity contribution in [1.29, 1.82) is 0 Å². The maximum absolute atomic E-state index is 11.9. The van der Waals surface area contributed by atoms with Crippen LogP contribution in [0.4, 0.5) is 0 Å². The van der Waals surface area contributed by atoms with Gasteiger partial charge in [-0.3, -0.25) is 4.79 Å². The third-order valence-electron chi connectivity index (χ3n) is 4.43. The number of phenols is 1. The van der Waals surface area contributed by atoms with Crippen LogP contribution in [0.25, 0.3) is 6.08 Å². The monoisotopic (exact) mass is 429 g/mol. The molecule has 2 rings (SSSR count). The molecule has 0 fully saturated rings. The Morgan fingerprint density at radius 1 is 1.06 bits per heavy atom. The van der Waals surface area contributed by atoms with Gasteiger partial charge in [-0.25, -0.2) is 4.79 Å². The lowest BCUT2D eigenvalue weighted by Gasteiger charge is -2.16. The molecule has 0 atom stereocenters. The highest BCUT2D eigenvalue weighted by Crippen LogP contribution is 2.33. The zero-order valence-electron chi connectivity index (χ0n) is 17.6. The number of aromatic hydroxyl groups is 1. The highest BCUT2D eigenvalue weighted by molar-refractivity contribution is 6.00. The number of hydrogen-bond acceptors (Lipinski definition) is 7. The van der Waals surface area contributed by atoms with Gasteiger partial charge in [0.25, 0.3) is 0 Å². The average molecular weight is 429 g/mol. The van der Waals surface area contributed by atoms with Crippen LogP contribution in [0.5, 0.6) is 23.0 Å². The number of nitrogens with two attached hydrogens (primary N) is 1. The van der Waals surface area contributed by atoms with Crippen molar-refractivity contribution in [1.82, 2.24) is 0 Å². The molecule has 0 heterocycles. The topological polar surface area (TPSA) is 128 Å². The quantitative estimate of drug-likeness (QED) is 0.267.